The zero-order valence-corrected chi connectivity index (χ0v) is 10.3. The fourth-order valence-electron chi connectivity index (χ4n) is 0.933. The normalized spacial score (nSPS) is 11.6. The average Bonchev–Trinajstić information content (AvgIpc) is 2.11. The number of carbonyl (C=O) groups excluding carboxylic acids is 1. The van der Waals surface area contributed by atoms with E-state index >= 15 is 0 Å². The molecule has 4 heteroatoms. The Balaban J connectivity index is 3.47. The van der Waals surface area contributed by atoms with Gasteiger partial charge in [0.1, 0.15) is 0 Å². The molecule has 0 aromatic carbocycles. The molecule has 0 atom stereocenters. The number of urea groups is 1. The number of nitrogens with zero attached hydrogens (tertiary/aromatic N) is 2. The topological polar surface area (TPSA) is 53.8 Å². The second kappa shape index (κ2) is 8.38. The summed E-state index contributed by atoms with van der Waals surface area (Å²) in [5, 5.41) is 10.1. The number of rotatable bonds is 6. The third-order valence-corrected chi connectivity index (χ3v) is 1.97. The Morgan fingerprint density at radius 1 is 1.13 bits per heavy atom. The van der Waals surface area contributed by atoms with E-state index in [4.69, 9.17) is 0 Å². The Kier molecular flexibility index (Phi) is 7.86. The van der Waals surface area contributed by atoms with Crippen molar-refractivity contribution in [2.24, 2.45) is 22.1 Å². The number of hydrogen-bond acceptors (Lipinski definition) is 2. The summed E-state index contributed by atoms with van der Waals surface area (Å²) < 4.78 is 0. The van der Waals surface area contributed by atoms with Crippen LogP contribution in [0.5, 0.6) is 0 Å². The maximum absolute atomic E-state index is 11.1. The van der Waals surface area contributed by atoms with Crippen LogP contribution in [-0.2, 0) is 0 Å². The first kappa shape index (κ1) is 14.1. The predicted molar refractivity (Wildman–Crippen MR) is 62.0 cm³/mol. The lowest BCUT2D eigenvalue weighted by molar-refractivity contribution is 0.247. The quantitative estimate of drug-likeness (QED) is 0.676. The van der Waals surface area contributed by atoms with E-state index in [1.165, 1.54) is 0 Å². The van der Waals surface area contributed by atoms with Crippen molar-refractivity contribution in [3.8, 4) is 0 Å². The molecule has 88 valence electrons. The highest BCUT2D eigenvalue weighted by Gasteiger charge is 1.98. The van der Waals surface area contributed by atoms with Gasteiger partial charge in [0.25, 0.3) is 0 Å². The molecule has 0 aliphatic rings. The Bertz CT molecular complexity index is 200. The zero-order chi connectivity index (χ0) is 11.7. The SMILES string of the molecule is CC(C)CCN=NC(=O)NCCC(C)C. The van der Waals surface area contributed by atoms with Crippen LogP contribution < -0.4 is 5.32 Å². The molecule has 0 spiro atoms. The summed E-state index contributed by atoms with van der Waals surface area (Å²) in [4.78, 5) is 11.1. The summed E-state index contributed by atoms with van der Waals surface area (Å²) in [5.41, 5.74) is 0. The summed E-state index contributed by atoms with van der Waals surface area (Å²) in [5.74, 6) is 1.20. The Hall–Kier alpha value is -0.930. The van der Waals surface area contributed by atoms with Crippen LogP contribution in [0.25, 0.3) is 0 Å². The molecule has 0 bridgehead atoms. The first-order valence-electron chi connectivity index (χ1n) is 5.67. The van der Waals surface area contributed by atoms with Gasteiger partial charge in [0.15, 0.2) is 0 Å². The van der Waals surface area contributed by atoms with Crippen molar-refractivity contribution in [2.45, 2.75) is 40.5 Å². The van der Waals surface area contributed by atoms with Crippen molar-refractivity contribution >= 4 is 6.03 Å². The first-order chi connectivity index (χ1) is 7.02. The van der Waals surface area contributed by atoms with E-state index in [-0.39, 0.29) is 6.03 Å². The molecular weight excluding hydrogens is 190 g/mol. The lowest BCUT2D eigenvalue weighted by atomic mass is 10.1. The average molecular weight is 213 g/mol. The maximum Gasteiger partial charge on any atom is 0.359 e. The lowest BCUT2D eigenvalue weighted by Gasteiger charge is -2.03. The Labute approximate surface area is 92.5 Å². The van der Waals surface area contributed by atoms with Gasteiger partial charge in [-0.25, -0.2) is 4.79 Å². The molecule has 2 amide bonds. The van der Waals surface area contributed by atoms with Crippen molar-refractivity contribution < 1.29 is 4.79 Å². The zero-order valence-electron chi connectivity index (χ0n) is 10.3. The van der Waals surface area contributed by atoms with Crippen LogP contribution in [0.4, 0.5) is 4.79 Å². The number of amides is 2. The fraction of sp³-hybridized carbons (Fsp3) is 0.909. The summed E-state index contributed by atoms with van der Waals surface area (Å²) >= 11 is 0. The highest BCUT2D eigenvalue weighted by atomic mass is 16.2. The highest BCUT2D eigenvalue weighted by molar-refractivity contribution is 5.74. The number of hydrogen-bond donors (Lipinski definition) is 1. The van der Waals surface area contributed by atoms with Gasteiger partial charge in [0.2, 0.25) is 0 Å². The summed E-state index contributed by atoms with van der Waals surface area (Å²) in [7, 11) is 0. The third kappa shape index (κ3) is 11.0. The summed E-state index contributed by atoms with van der Waals surface area (Å²) in [6.45, 7) is 9.80. The minimum absolute atomic E-state index is 0.320. The van der Waals surface area contributed by atoms with Crippen LogP contribution in [0.15, 0.2) is 10.2 Å². The molecule has 0 saturated carbocycles. The number of azo groups is 1. The van der Waals surface area contributed by atoms with Crippen molar-refractivity contribution in [3.63, 3.8) is 0 Å². The molecule has 0 unspecified atom stereocenters. The van der Waals surface area contributed by atoms with Crippen molar-refractivity contribution in [1.29, 1.82) is 0 Å². The van der Waals surface area contributed by atoms with E-state index in [0.717, 1.165) is 12.8 Å². The van der Waals surface area contributed by atoms with Gasteiger partial charge in [-0.15, -0.1) is 0 Å². The molecule has 0 aromatic heterocycles. The molecule has 0 aliphatic carbocycles. The maximum atomic E-state index is 11.1. The van der Waals surface area contributed by atoms with Gasteiger partial charge < -0.3 is 5.32 Å². The molecule has 0 saturated heterocycles. The van der Waals surface area contributed by atoms with Gasteiger partial charge in [-0.1, -0.05) is 32.8 Å². The lowest BCUT2D eigenvalue weighted by Crippen LogP contribution is -2.21. The monoisotopic (exact) mass is 213 g/mol. The molecule has 0 heterocycles. The van der Waals surface area contributed by atoms with Gasteiger partial charge in [-0.2, -0.15) is 5.11 Å². The molecule has 0 aromatic rings. The minimum atomic E-state index is -0.320. The molecular formula is C11H23N3O. The van der Waals surface area contributed by atoms with Gasteiger partial charge in [0, 0.05) is 6.54 Å². The molecule has 1 N–H and O–H groups in total. The third-order valence-electron chi connectivity index (χ3n) is 1.97. The summed E-state index contributed by atoms with van der Waals surface area (Å²) in [6, 6.07) is -0.320. The van der Waals surface area contributed by atoms with Crippen LogP contribution in [0.3, 0.4) is 0 Å². The largest absolute Gasteiger partial charge is 0.359 e. The first-order valence-corrected chi connectivity index (χ1v) is 5.67. The second-order valence-corrected chi connectivity index (χ2v) is 4.56. The van der Waals surface area contributed by atoms with Crippen LogP contribution >= 0.6 is 0 Å². The summed E-state index contributed by atoms with van der Waals surface area (Å²) in [6.07, 6.45) is 1.95. The van der Waals surface area contributed by atoms with Gasteiger partial charge >= 0.3 is 6.03 Å². The van der Waals surface area contributed by atoms with Crippen LogP contribution in [0.2, 0.25) is 0 Å². The second-order valence-electron chi connectivity index (χ2n) is 4.56. The van der Waals surface area contributed by atoms with Crippen molar-refractivity contribution in [2.75, 3.05) is 13.1 Å². The van der Waals surface area contributed by atoms with Crippen molar-refractivity contribution in [1.82, 2.24) is 5.32 Å². The van der Waals surface area contributed by atoms with Crippen LogP contribution in [0.1, 0.15) is 40.5 Å². The van der Waals surface area contributed by atoms with Gasteiger partial charge in [-0.05, 0) is 24.7 Å². The van der Waals surface area contributed by atoms with E-state index in [1.54, 1.807) is 0 Å². The van der Waals surface area contributed by atoms with Gasteiger partial charge in [0.05, 0.1) is 6.54 Å². The predicted octanol–water partition coefficient (Wildman–Crippen LogP) is 3.24. The fourth-order valence-corrected chi connectivity index (χ4v) is 0.933. The van der Waals surface area contributed by atoms with E-state index in [2.05, 4.69) is 43.2 Å². The molecule has 0 aliphatic heterocycles. The van der Waals surface area contributed by atoms with E-state index in [0.29, 0.717) is 24.9 Å². The molecule has 0 fully saturated rings. The van der Waals surface area contributed by atoms with Crippen LogP contribution in [-0.4, -0.2) is 19.1 Å². The Morgan fingerprint density at radius 2 is 1.73 bits per heavy atom. The van der Waals surface area contributed by atoms with Crippen molar-refractivity contribution in [3.05, 3.63) is 0 Å². The molecule has 4 nitrogen and oxygen atoms in total. The van der Waals surface area contributed by atoms with E-state index in [1.807, 2.05) is 0 Å². The Morgan fingerprint density at radius 3 is 2.27 bits per heavy atom. The van der Waals surface area contributed by atoms with E-state index < -0.39 is 0 Å². The van der Waals surface area contributed by atoms with Gasteiger partial charge in [-0.3, -0.25) is 0 Å². The number of nitrogens with one attached hydrogen (secondary N) is 1. The smallest absolute Gasteiger partial charge is 0.335 e. The minimum Gasteiger partial charge on any atom is -0.335 e. The standard InChI is InChI=1S/C11H23N3O/c1-9(2)5-7-12-11(15)14-13-8-6-10(3)4/h9-10H,5-8H2,1-4H3,(H,12,15). The molecule has 0 rings (SSSR count). The number of carbonyl (C=O) groups is 1. The van der Waals surface area contributed by atoms with E-state index in [9.17, 15) is 4.79 Å². The highest BCUT2D eigenvalue weighted by Crippen LogP contribution is 1.99. The molecule has 15 heavy (non-hydrogen) atoms. The van der Waals surface area contributed by atoms with Crippen LogP contribution in [0, 0.1) is 11.8 Å². The molecule has 0 radical (unpaired) electrons.